The number of fused-ring (bicyclic) bond motifs is 9. The smallest absolute Gasteiger partial charge is 0.238 e. The van der Waals surface area contributed by atoms with Crippen LogP contribution >= 0.6 is 0 Å². The van der Waals surface area contributed by atoms with Crippen LogP contribution in [0.1, 0.15) is 25.0 Å². The van der Waals surface area contributed by atoms with Gasteiger partial charge in [0.15, 0.2) is 11.6 Å². The SMILES string of the molecule is CC1(C)c2ccccc2-c2cc(-c3cccc4c5c6ccccc6ccc5n(-c5nc(-c6ccccc6)nc(-c6ccc7ccccc7c6)n5)c34)ccc21. The second-order valence-electron chi connectivity index (χ2n) is 14.9. The largest absolute Gasteiger partial charge is 0.277 e. The standard InChI is InChI=1S/C50H34N4/c1-50(2)42-22-11-10-19-39(42)41-30-35(25-27-43(41)50)38-20-12-21-40-45-37-18-9-8-14-32(37)26-28-44(45)54(46(38)40)49-52-47(33-15-4-3-5-16-33)51-48(53-49)36-24-23-31-13-6-7-17-34(31)29-36/h3-30H,1-2H3. The monoisotopic (exact) mass is 690 g/mol. The maximum Gasteiger partial charge on any atom is 0.238 e. The summed E-state index contributed by atoms with van der Waals surface area (Å²) in [4.78, 5) is 15.8. The molecule has 1 aliphatic rings. The molecule has 0 fully saturated rings. The van der Waals surface area contributed by atoms with E-state index in [9.17, 15) is 0 Å². The highest BCUT2D eigenvalue weighted by atomic mass is 15.2. The quantitative estimate of drug-likeness (QED) is 0.185. The Hall–Kier alpha value is -6.91. The third kappa shape index (κ3) is 4.53. The van der Waals surface area contributed by atoms with Crippen molar-refractivity contribution in [3.05, 3.63) is 181 Å². The van der Waals surface area contributed by atoms with Gasteiger partial charge in [-0.15, -0.1) is 0 Å². The van der Waals surface area contributed by atoms with E-state index in [1.807, 2.05) is 18.2 Å². The Morgan fingerprint density at radius 1 is 0.426 bits per heavy atom. The molecule has 0 saturated heterocycles. The molecule has 4 nitrogen and oxygen atoms in total. The number of benzene rings is 8. The lowest BCUT2D eigenvalue weighted by atomic mass is 9.82. The zero-order valence-electron chi connectivity index (χ0n) is 30.0. The fourth-order valence-corrected chi connectivity index (χ4v) is 8.80. The molecular weight excluding hydrogens is 657 g/mol. The van der Waals surface area contributed by atoms with E-state index in [1.165, 1.54) is 43.8 Å². The molecule has 8 aromatic carbocycles. The summed E-state index contributed by atoms with van der Waals surface area (Å²) in [7, 11) is 0. The van der Waals surface area contributed by atoms with E-state index < -0.39 is 0 Å². The van der Waals surface area contributed by atoms with E-state index in [0.29, 0.717) is 17.6 Å². The van der Waals surface area contributed by atoms with Gasteiger partial charge in [-0.3, -0.25) is 4.57 Å². The van der Waals surface area contributed by atoms with Gasteiger partial charge < -0.3 is 0 Å². The van der Waals surface area contributed by atoms with Gasteiger partial charge in [-0.05, 0) is 67.6 Å². The number of nitrogens with zero attached hydrogens (tertiary/aromatic N) is 4. The predicted molar refractivity (Wildman–Crippen MR) is 223 cm³/mol. The Morgan fingerprint density at radius 2 is 1.07 bits per heavy atom. The minimum absolute atomic E-state index is 0.0673. The summed E-state index contributed by atoms with van der Waals surface area (Å²) in [5.41, 5.74) is 11.6. The van der Waals surface area contributed by atoms with Crippen LogP contribution in [0.4, 0.5) is 0 Å². The molecule has 0 aliphatic heterocycles. The molecule has 0 bridgehead atoms. The van der Waals surface area contributed by atoms with Crippen molar-refractivity contribution >= 4 is 43.4 Å². The summed E-state index contributed by atoms with van der Waals surface area (Å²) >= 11 is 0. The van der Waals surface area contributed by atoms with Crippen molar-refractivity contribution in [1.29, 1.82) is 0 Å². The van der Waals surface area contributed by atoms with Crippen molar-refractivity contribution in [3.63, 3.8) is 0 Å². The first kappa shape index (κ1) is 30.7. The highest BCUT2D eigenvalue weighted by molar-refractivity contribution is 6.23. The first-order chi connectivity index (χ1) is 26.5. The second kappa shape index (κ2) is 11.5. The molecule has 0 radical (unpaired) electrons. The van der Waals surface area contributed by atoms with Gasteiger partial charge in [0.25, 0.3) is 0 Å². The highest BCUT2D eigenvalue weighted by Gasteiger charge is 2.35. The van der Waals surface area contributed by atoms with Crippen LogP contribution in [0.25, 0.3) is 94.3 Å². The molecule has 54 heavy (non-hydrogen) atoms. The van der Waals surface area contributed by atoms with E-state index >= 15 is 0 Å². The molecular formula is C50H34N4. The Morgan fingerprint density at radius 3 is 1.94 bits per heavy atom. The molecule has 2 aromatic heterocycles. The Labute approximate surface area is 313 Å². The summed E-state index contributed by atoms with van der Waals surface area (Å²) in [6.07, 6.45) is 0. The van der Waals surface area contributed by atoms with Crippen molar-refractivity contribution in [3.8, 4) is 51.0 Å². The summed E-state index contributed by atoms with van der Waals surface area (Å²) in [5, 5.41) is 7.07. The van der Waals surface area contributed by atoms with E-state index in [0.717, 1.165) is 44.1 Å². The van der Waals surface area contributed by atoms with Gasteiger partial charge in [0.2, 0.25) is 5.95 Å². The van der Waals surface area contributed by atoms with Gasteiger partial charge in [0.1, 0.15) is 0 Å². The van der Waals surface area contributed by atoms with Gasteiger partial charge in [0.05, 0.1) is 11.0 Å². The van der Waals surface area contributed by atoms with Crippen molar-refractivity contribution < 1.29 is 0 Å². The van der Waals surface area contributed by atoms with Gasteiger partial charge >= 0.3 is 0 Å². The van der Waals surface area contributed by atoms with Crippen LogP contribution in [0.3, 0.4) is 0 Å². The average Bonchev–Trinajstić information content (AvgIpc) is 3.69. The summed E-state index contributed by atoms with van der Waals surface area (Å²) in [5.74, 6) is 1.85. The molecule has 0 N–H and O–H groups in total. The summed E-state index contributed by atoms with van der Waals surface area (Å²) in [6, 6.07) is 60.7. The van der Waals surface area contributed by atoms with E-state index in [4.69, 9.17) is 15.0 Å². The van der Waals surface area contributed by atoms with E-state index in [-0.39, 0.29) is 5.41 Å². The fourth-order valence-electron chi connectivity index (χ4n) is 8.80. The lowest BCUT2D eigenvalue weighted by Gasteiger charge is -2.21. The first-order valence-electron chi connectivity index (χ1n) is 18.5. The molecule has 0 atom stereocenters. The number of rotatable bonds is 4. The van der Waals surface area contributed by atoms with Gasteiger partial charge in [-0.1, -0.05) is 166 Å². The van der Waals surface area contributed by atoms with Crippen molar-refractivity contribution in [2.75, 3.05) is 0 Å². The van der Waals surface area contributed by atoms with Crippen LogP contribution in [0.15, 0.2) is 170 Å². The molecule has 11 rings (SSSR count). The molecule has 10 aromatic rings. The minimum atomic E-state index is -0.0673. The number of hydrogen-bond acceptors (Lipinski definition) is 3. The van der Waals surface area contributed by atoms with Crippen LogP contribution in [-0.2, 0) is 5.41 Å². The lowest BCUT2D eigenvalue weighted by Crippen LogP contribution is -2.14. The Balaban J connectivity index is 1.24. The normalized spacial score (nSPS) is 13.1. The fraction of sp³-hybridized carbons (Fsp3) is 0.0600. The van der Waals surface area contributed by atoms with Gasteiger partial charge in [-0.2, -0.15) is 9.97 Å². The molecule has 254 valence electrons. The van der Waals surface area contributed by atoms with E-state index in [2.05, 4.69) is 170 Å². The molecule has 0 unspecified atom stereocenters. The maximum absolute atomic E-state index is 5.34. The molecule has 0 amide bonds. The van der Waals surface area contributed by atoms with Crippen LogP contribution < -0.4 is 0 Å². The van der Waals surface area contributed by atoms with Crippen LogP contribution in [-0.4, -0.2) is 19.5 Å². The van der Waals surface area contributed by atoms with Crippen LogP contribution in [0.2, 0.25) is 0 Å². The zero-order valence-corrected chi connectivity index (χ0v) is 30.0. The first-order valence-corrected chi connectivity index (χ1v) is 18.5. The van der Waals surface area contributed by atoms with Crippen LogP contribution in [0.5, 0.6) is 0 Å². The highest BCUT2D eigenvalue weighted by Crippen LogP contribution is 2.50. The number of hydrogen-bond donors (Lipinski definition) is 0. The average molecular weight is 691 g/mol. The van der Waals surface area contributed by atoms with Gasteiger partial charge in [-0.25, -0.2) is 4.98 Å². The van der Waals surface area contributed by atoms with Crippen molar-refractivity contribution in [2.24, 2.45) is 0 Å². The number of para-hydroxylation sites is 1. The van der Waals surface area contributed by atoms with Crippen molar-refractivity contribution in [2.45, 2.75) is 19.3 Å². The molecule has 2 heterocycles. The molecule has 0 spiro atoms. The Bertz CT molecular complexity index is 3140. The molecule has 0 saturated carbocycles. The third-order valence-electron chi connectivity index (χ3n) is 11.4. The van der Waals surface area contributed by atoms with E-state index in [1.54, 1.807) is 0 Å². The third-order valence-corrected chi connectivity index (χ3v) is 11.4. The molecule has 4 heteroatoms. The lowest BCUT2D eigenvalue weighted by molar-refractivity contribution is 0.660. The maximum atomic E-state index is 5.34. The van der Waals surface area contributed by atoms with Gasteiger partial charge in [0, 0.05) is 32.9 Å². The topological polar surface area (TPSA) is 43.6 Å². The minimum Gasteiger partial charge on any atom is -0.277 e. The van der Waals surface area contributed by atoms with Crippen LogP contribution in [0, 0.1) is 0 Å². The predicted octanol–water partition coefficient (Wildman–Crippen LogP) is 12.6. The summed E-state index contributed by atoms with van der Waals surface area (Å²) in [6.45, 7) is 4.67. The Kier molecular flexibility index (Phi) is 6.56. The summed E-state index contributed by atoms with van der Waals surface area (Å²) < 4.78 is 2.27. The molecule has 1 aliphatic carbocycles. The van der Waals surface area contributed by atoms with Crippen molar-refractivity contribution in [1.82, 2.24) is 19.5 Å². The zero-order chi connectivity index (χ0) is 36.0. The second-order valence-corrected chi connectivity index (χ2v) is 14.9. The number of aromatic nitrogens is 4.